The normalized spacial score (nSPS) is 16.6. The summed E-state index contributed by atoms with van der Waals surface area (Å²) in [4.78, 5) is 65.1. The van der Waals surface area contributed by atoms with Crippen LogP contribution in [0.15, 0.2) is 79.6 Å². The number of imidazole rings is 1. The van der Waals surface area contributed by atoms with Gasteiger partial charge in [-0.15, -0.1) is 0 Å². The molecule has 2 aliphatic rings. The largest absolute Gasteiger partial charge is 0.494 e. The van der Waals surface area contributed by atoms with Gasteiger partial charge in [0.25, 0.3) is 5.91 Å². The zero-order valence-electron chi connectivity index (χ0n) is 37.4. The number of nitrogens with zero attached hydrogens (tertiary/aromatic N) is 8. The van der Waals surface area contributed by atoms with Crippen LogP contribution in [0.3, 0.4) is 0 Å². The number of ether oxygens (including phenoxy) is 2. The Labute approximate surface area is 389 Å². The lowest BCUT2D eigenvalue weighted by Crippen LogP contribution is -2.55. The predicted molar refractivity (Wildman–Crippen MR) is 243 cm³/mol. The second kappa shape index (κ2) is 19.5. The second-order valence-electron chi connectivity index (χ2n) is 17.6. The fourth-order valence-electron chi connectivity index (χ4n) is 8.04. The van der Waals surface area contributed by atoms with Crippen molar-refractivity contribution < 1.29 is 41.4 Å². The molecule has 5 heterocycles. The number of thiocarbonyl (C=S) groups is 1. The Morgan fingerprint density at radius 1 is 1.00 bits per heavy atom. The third-order valence-corrected chi connectivity index (χ3v) is 11.9. The number of nitriles is 1. The first-order valence-corrected chi connectivity index (χ1v) is 21.9. The van der Waals surface area contributed by atoms with Crippen molar-refractivity contribution in [2.24, 2.45) is 5.41 Å². The standard InChI is InChI=1S/C47H48F4N10O5S/c1-45(2,3)40(42(63)59-18-8-9-36(59)41-56-25-34(57-41)30-22-53-27-54-23-30)58-37(62)26-65-19-6-7-20-66-32-14-10-28(11-15-32)33-16-13-31(24-55-33)61-44(67)60(43(64)46(61,4)5)35-17-12-29(21-52)38(39(35)48)47(49,50)51/h10-17,22-25,27,36,40H,6-9,18-20,26H2,1-5H3,(H,56,57)(H,58,62)/t36-,40?/m0/s1. The van der Waals surface area contributed by atoms with E-state index >= 15 is 4.39 Å². The summed E-state index contributed by atoms with van der Waals surface area (Å²) in [5.74, 6) is -1.83. The summed E-state index contributed by atoms with van der Waals surface area (Å²) in [6.07, 6.45) is 5.66. The molecule has 2 N–H and O–H groups in total. The lowest BCUT2D eigenvalue weighted by atomic mass is 9.85. The van der Waals surface area contributed by atoms with E-state index in [4.69, 9.17) is 26.7 Å². The Morgan fingerprint density at radius 3 is 2.37 bits per heavy atom. The van der Waals surface area contributed by atoms with Crippen molar-refractivity contribution in [2.45, 2.75) is 84.1 Å². The highest BCUT2D eigenvalue weighted by Crippen LogP contribution is 2.42. The van der Waals surface area contributed by atoms with Crippen LogP contribution in [-0.2, 0) is 25.3 Å². The Kier molecular flexibility index (Phi) is 14.0. The molecule has 350 valence electrons. The number of halogens is 4. The summed E-state index contributed by atoms with van der Waals surface area (Å²) >= 11 is 5.54. The molecule has 0 spiro atoms. The van der Waals surface area contributed by atoms with Crippen LogP contribution in [-0.4, -0.2) is 90.6 Å². The van der Waals surface area contributed by atoms with Gasteiger partial charge in [-0.25, -0.2) is 19.3 Å². The molecule has 5 aromatic rings. The van der Waals surface area contributed by atoms with Crippen LogP contribution in [0.4, 0.5) is 28.9 Å². The number of amides is 3. The number of benzene rings is 2. The van der Waals surface area contributed by atoms with Gasteiger partial charge in [0.15, 0.2) is 10.9 Å². The van der Waals surface area contributed by atoms with E-state index in [1.54, 1.807) is 47.8 Å². The lowest BCUT2D eigenvalue weighted by Gasteiger charge is -2.35. The summed E-state index contributed by atoms with van der Waals surface area (Å²) in [5.41, 5.74) is -2.30. The average Bonchev–Trinajstić information content (AvgIpc) is 4.02. The number of likely N-dealkylation sites (tertiary alicyclic amines) is 1. The number of aromatic amines is 1. The number of rotatable bonds is 15. The first-order chi connectivity index (χ1) is 31.8. The van der Waals surface area contributed by atoms with E-state index in [2.05, 4.69) is 25.3 Å². The maximum Gasteiger partial charge on any atom is 0.420 e. The van der Waals surface area contributed by atoms with Gasteiger partial charge in [0, 0.05) is 42.9 Å². The number of H-pyrrole nitrogens is 1. The Bertz CT molecular complexity index is 2670. The Balaban J connectivity index is 0.863. The van der Waals surface area contributed by atoms with Gasteiger partial charge < -0.3 is 29.6 Å². The molecule has 15 nitrogen and oxygen atoms in total. The molecule has 3 amide bonds. The molecular weight excluding hydrogens is 893 g/mol. The van der Waals surface area contributed by atoms with Crippen LogP contribution >= 0.6 is 12.2 Å². The van der Waals surface area contributed by atoms with Gasteiger partial charge >= 0.3 is 6.18 Å². The molecule has 0 aliphatic carbocycles. The number of aromatic nitrogens is 5. The van der Waals surface area contributed by atoms with E-state index in [0.717, 1.165) is 36.1 Å². The number of alkyl halides is 3. The summed E-state index contributed by atoms with van der Waals surface area (Å²) in [6, 6.07) is 12.6. The molecule has 0 bridgehead atoms. The van der Waals surface area contributed by atoms with E-state index in [9.17, 15) is 32.8 Å². The third kappa shape index (κ3) is 10.3. The fourth-order valence-corrected chi connectivity index (χ4v) is 8.55. The highest BCUT2D eigenvalue weighted by Gasteiger charge is 2.52. The predicted octanol–water partition coefficient (Wildman–Crippen LogP) is 7.95. The second-order valence-corrected chi connectivity index (χ2v) is 18.0. The molecule has 7 rings (SSSR count). The maximum absolute atomic E-state index is 15.4. The Morgan fingerprint density at radius 2 is 1.72 bits per heavy atom. The zero-order chi connectivity index (χ0) is 48.3. The number of nitrogens with one attached hydrogen (secondary N) is 2. The van der Waals surface area contributed by atoms with Crippen LogP contribution in [0.5, 0.6) is 5.75 Å². The summed E-state index contributed by atoms with van der Waals surface area (Å²) in [6.45, 7) is 9.79. The van der Waals surface area contributed by atoms with Gasteiger partial charge in [0.05, 0.1) is 53.2 Å². The summed E-state index contributed by atoms with van der Waals surface area (Å²) < 4.78 is 68.3. The Hall–Kier alpha value is -6.85. The molecule has 1 unspecified atom stereocenters. The molecule has 2 atom stereocenters. The zero-order valence-corrected chi connectivity index (χ0v) is 38.2. The average molecular weight is 941 g/mol. The minimum Gasteiger partial charge on any atom is -0.494 e. The van der Waals surface area contributed by atoms with Crippen LogP contribution < -0.4 is 19.9 Å². The molecule has 0 saturated carbocycles. The minimum absolute atomic E-state index is 0.179. The van der Waals surface area contributed by atoms with Gasteiger partial charge in [-0.05, 0) is 106 Å². The van der Waals surface area contributed by atoms with Crippen LogP contribution in [0.2, 0.25) is 0 Å². The quantitative estimate of drug-likeness (QED) is 0.0588. The van der Waals surface area contributed by atoms with Crippen molar-refractivity contribution in [3.8, 4) is 34.3 Å². The minimum atomic E-state index is -5.19. The van der Waals surface area contributed by atoms with Crippen molar-refractivity contribution in [1.29, 1.82) is 5.26 Å². The molecule has 2 aromatic carbocycles. The van der Waals surface area contributed by atoms with Crippen molar-refractivity contribution in [3.05, 3.63) is 102 Å². The molecule has 0 radical (unpaired) electrons. The molecule has 67 heavy (non-hydrogen) atoms. The number of carbonyl (C=O) groups is 3. The number of hydrogen-bond acceptors (Lipinski definition) is 11. The van der Waals surface area contributed by atoms with Gasteiger partial charge in [-0.1, -0.05) is 20.8 Å². The highest BCUT2D eigenvalue weighted by atomic mass is 32.1. The third-order valence-electron chi connectivity index (χ3n) is 11.5. The molecule has 2 aliphatic heterocycles. The molecule has 2 saturated heterocycles. The first kappa shape index (κ1) is 48.1. The highest BCUT2D eigenvalue weighted by molar-refractivity contribution is 7.81. The number of unbranched alkanes of at least 4 members (excludes halogenated alkanes) is 1. The van der Waals surface area contributed by atoms with Crippen molar-refractivity contribution >= 4 is 46.4 Å². The van der Waals surface area contributed by atoms with E-state index in [1.807, 2.05) is 32.9 Å². The van der Waals surface area contributed by atoms with Crippen LogP contribution in [0.1, 0.15) is 83.3 Å². The SMILES string of the molecule is CC(C)(C)C(NC(=O)COCCCCOc1ccc(-c2ccc(N3C(=S)N(c4ccc(C#N)c(C(F)(F)F)c4F)C(=O)C3(C)C)cn2)cc1)C(=O)N1CCC[C@H]1c1nc(-c2cncnc2)c[nH]1. The monoisotopic (exact) mass is 940 g/mol. The summed E-state index contributed by atoms with van der Waals surface area (Å²) in [7, 11) is 0. The van der Waals surface area contributed by atoms with E-state index in [-0.39, 0.29) is 29.6 Å². The van der Waals surface area contributed by atoms with E-state index < -0.39 is 51.7 Å². The van der Waals surface area contributed by atoms with Crippen molar-refractivity contribution in [3.63, 3.8) is 0 Å². The number of pyridine rings is 1. The number of anilines is 2. The van der Waals surface area contributed by atoms with Crippen molar-refractivity contribution in [2.75, 3.05) is 36.2 Å². The van der Waals surface area contributed by atoms with Gasteiger partial charge in [-0.2, -0.15) is 18.4 Å². The fraction of sp³-hybridized carbons (Fsp3) is 0.383. The van der Waals surface area contributed by atoms with Crippen LogP contribution in [0.25, 0.3) is 22.5 Å². The number of carbonyl (C=O) groups excluding carboxylic acids is 3. The number of hydrogen-bond donors (Lipinski definition) is 2. The molecule has 20 heteroatoms. The van der Waals surface area contributed by atoms with Gasteiger partial charge in [0.1, 0.15) is 41.7 Å². The van der Waals surface area contributed by atoms with Crippen molar-refractivity contribution in [1.82, 2.24) is 35.1 Å². The van der Waals surface area contributed by atoms with Crippen LogP contribution in [0, 0.1) is 22.6 Å². The molecule has 2 fully saturated rings. The maximum atomic E-state index is 15.4. The van der Waals surface area contributed by atoms with Gasteiger partial charge in [0.2, 0.25) is 11.8 Å². The lowest BCUT2D eigenvalue weighted by molar-refractivity contribution is -0.141. The van der Waals surface area contributed by atoms with E-state index in [0.29, 0.717) is 66.1 Å². The molecular formula is C47H48F4N10O5S. The topological polar surface area (TPSA) is 183 Å². The smallest absolute Gasteiger partial charge is 0.420 e. The van der Waals surface area contributed by atoms with Gasteiger partial charge in [-0.3, -0.25) is 24.3 Å². The first-order valence-electron chi connectivity index (χ1n) is 21.5. The molecule has 3 aromatic heterocycles. The van der Waals surface area contributed by atoms with E-state index in [1.165, 1.54) is 37.3 Å². The summed E-state index contributed by atoms with van der Waals surface area (Å²) in [5, 5.41) is 11.8.